The van der Waals surface area contributed by atoms with E-state index in [1.165, 1.54) is 37.0 Å². The van der Waals surface area contributed by atoms with Crippen molar-refractivity contribution in [3.63, 3.8) is 0 Å². The van der Waals surface area contributed by atoms with Gasteiger partial charge in [0.15, 0.2) is 0 Å². The van der Waals surface area contributed by atoms with Gasteiger partial charge in [-0.25, -0.2) is 4.79 Å². The summed E-state index contributed by atoms with van der Waals surface area (Å²) in [5, 5.41) is 9.46. The molecular formula is C18H31NO3. The van der Waals surface area contributed by atoms with Crippen LogP contribution < -0.4 is 0 Å². The highest BCUT2D eigenvalue weighted by Gasteiger charge is 2.40. The van der Waals surface area contributed by atoms with Gasteiger partial charge >= 0.3 is 6.09 Å². The molecule has 0 bridgehead atoms. The SMILES string of the molecule is C=C[C@@H](C[C@@H]1OCN(C(=O)O)[C@H]1CC1CCCCC1)C(C)C. The first-order valence-corrected chi connectivity index (χ1v) is 8.76. The molecule has 1 saturated carbocycles. The zero-order valence-corrected chi connectivity index (χ0v) is 14.0. The van der Waals surface area contributed by atoms with Crippen molar-refractivity contribution in [3.05, 3.63) is 12.7 Å². The van der Waals surface area contributed by atoms with Crippen LogP contribution in [0.15, 0.2) is 12.7 Å². The van der Waals surface area contributed by atoms with E-state index in [1.807, 2.05) is 6.08 Å². The minimum Gasteiger partial charge on any atom is -0.465 e. The molecule has 3 atom stereocenters. The van der Waals surface area contributed by atoms with Crippen molar-refractivity contribution >= 4 is 6.09 Å². The van der Waals surface area contributed by atoms with E-state index >= 15 is 0 Å². The highest BCUT2D eigenvalue weighted by molar-refractivity contribution is 5.65. The van der Waals surface area contributed by atoms with Gasteiger partial charge in [-0.05, 0) is 30.6 Å². The Labute approximate surface area is 134 Å². The average molecular weight is 309 g/mol. The molecule has 2 rings (SSSR count). The number of amides is 1. The van der Waals surface area contributed by atoms with Gasteiger partial charge in [0.25, 0.3) is 0 Å². The van der Waals surface area contributed by atoms with Crippen LogP contribution in [-0.4, -0.2) is 35.0 Å². The highest BCUT2D eigenvalue weighted by Crippen LogP contribution is 2.35. The Morgan fingerprint density at radius 1 is 1.36 bits per heavy atom. The molecule has 0 radical (unpaired) electrons. The molecule has 2 fully saturated rings. The Morgan fingerprint density at radius 3 is 2.59 bits per heavy atom. The Balaban J connectivity index is 2.03. The van der Waals surface area contributed by atoms with Crippen LogP contribution in [0, 0.1) is 17.8 Å². The smallest absolute Gasteiger partial charge is 0.409 e. The van der Waals surface area contributed by atoms with E-state index in [4.69, 9.17) is 4.74 Å². The maximum Gasteiger partial charge on any atom is 0.409 e. The minimum atomic E-state index is -0.844. The molecule has 22 heavy (non-hydrogen) atoms. The van der Waals surface area contributed by atoms with Crippen molar-refractivity contribution in [2.45, 2.75) is 70.9 Å². The van der Waals surface area contributed by atoms with E-state index in [2.05, 4.69) is 20.4 Å². The first-order chi connectivity index (χ1) is 10.5. The lowest BCUT2D eigenvalue weighted by Crippen LogP contribution is -2.41. The van der Waals surface area contributed by atoms with E-state index in [0.29, 0.717) is 17.8 Å². The average Bonchev–Trinajstić information content (AvgIpc) is 2.88. The fraction of sp³-hybridized carbons (Fsp3) is 0.833. The van der Waals surface area contributed by atoms with Gasteiger partial charge in [-0.1, -0.05) is 52.0 Å². The van der Waals surface area contributed by atoms with Crippen LogP contribution in [0.4, 0.5) is 4.79 Å². The van der Waals surface area contributed by atoms with Crippen molar-refractivity contribution in [1.29, 1.82) is 0 Å². The van der Waals surface area contributed by atoms with Crippen LogP contribution in [0.5, 0.6) is 0 Å². The summed E-state index contributed by atoms with van der Waals surface area (Å²) in [5.41, 5.74) is 0. The second-order valence-electron chi connectivity index (χ2n) is 7.27. The Hall–Kier alpha value is -1.03. The zero-order valence-electron chi connectivity index (χ0n) is 14.0. The van der Waals surface area contributed by atoms with Gasteiger partial charge in [0, 0.05) is 0 Å². The summed E-state index contributed by atoms with van der Waals surface area (Å²) < 4.78 is 5.86. The molecule has 1 aliphatic heterocycles. The number of rotatable bonds is 6. The molecule has 4 nitrogen and oxygen atoms in total. The Bertz CT molecular complexity index is 377. The topological polar surface area (TPSA) is 49.8 Å². The summed E-state index contributed by atoms with van der Waals surface area (Å²) in [7, 11) is 0. The summed E-state index contributed by atoms with van der Waals surface area (Å²) in [4.78, 5) is 13.0. The van der Waals surface area contributed by atoms with Crippen LogP contribution in [-0.2, 0) is 4.74 Å². The molecule has 1 aliphatic carbocycles. The molecule has 4 heteroatoms. The number of carboxylic acid groups (broad SMARTS) is 1. The third-order valence-electron chi connectivity index (χ3n) is 5.47. The molecule has 1 N–H and O–H groups in total. The van der Waals surface area contributed by atoms with Gasteiger partial charge in [-0.2, -0.15) is 0 Å². The van der Waals surface area contributed by atoms with Crippen molar-refractivity contribution in [1.82, 2.24) is 4.90 Å². The highest BCUT2D eigenvalue weighted by atomic mass is 16.5. The van der Waals surface area contributed by atoms with Gasteiger partial charge in [0.1, 0.15) is 6.73 Å². The molecule has 0 aromatic rings. The predicted octanol–water partition coefficient (Wildman–Crippen LogP) is 4.51. The standard InChI is InChI=1S/C18H31NO3/c1-4-15(13(2)3)11-17-16(19(12-22-17)18(20)21)10-14-8-6-5-7-9-14/h4,13-17H,1,5-12H2,2-3H3,(H,20,21)/t15-,16-,17-/m0/s1. The largest absolute Gasteiger partial charge is 0.465 e. The monoisotopic (exact) mass is 309 g/mol. The lowest BCUT2D eigenvalue weighted by atomic mass is 9.81. The summed E-state index contributed by atoms with van der Waals surface area (Å²) in [5.74, 6) is 1.55. The summed E-state index contributed by atoms with van der Waals surface area (Å²) in [6, 6.07) is 0.0156. The van der Waals surface area contributed by atoms with Crippen LogP contribution >= 0.6 is 0 Å². The number of hydrogen-bond donors (Lipinski definition) is 1. The molecule has 0 aromatic heterocycles. The van der Waals surface area contributed by atoms with Crippen molar-refractivity contribution in [3.8, 4) is 0 Å². The molecule has 0 spiro atoms. The van der Waals surface area contributed by atoms with E-state index in [1.54, 1.807) is 0 Å². The molecular weight excluding hydrogens is 278 g/mol. The molecule has 0 aromatic carbocycles. The Kier molecular flexibility index (Phi) is 6.30. The minimum absolute atomic E-state index is 0.0156. The first-order valence-electron chi connectivity index (χ1n) is 8.76. The Morgan fingerprint density at radius 2 is 2.05 bits per heavy atom. The molecule has 1 amide bonds. The van der Waals surface area contributed by atoms with Gasteiger partial charge in [0.05, 0.1) is 12.1 Å². The van der Waals surface area contributed by atoms with E-state index < -0.39 is 6.09 Å². The fourth-order valence-corrected chi connectivity index (χ4v) is 3.96. The third-order valence-corrected chi connectivity index (χ3v) is 5.47. The second-order valence-corrected chi connectivity index (χ2v) is 7.27. The summed E-state index contributed by atoms with van der Waals surface area (Å²) in [6.45, 7) is 8.53. The number of ether oxygens (including phenoxy) is 1. The van der Waals surface area contributed by atoms with E-state index in [0.717, 1.165) is 12.8 Å². The van der Waals surface area contributed by atoms with E-state index in [-0.39, 0.29) is 18.9 Å². The molecule has 2 aliphatic rings. The number of hydrogen-bond acceptors (Lipinski definition) is 2. The number of allylic oxidation sites excluding steroid dienone is 1. The van der Waals surface area contributed by atoms with Gasteiger partial charge in [-0.15, -0.1) is 6.58 Å². The fourth-order valence-electron chi connectivity index (χ4n) is 3.96. The molecule has 126 valence electrons. The van der Waals surface area contributed by atoms with Crippen molar-refractivity contribution in [2.24, 2.45) is 17.8 Å². The predicted molar refractivity (Wildman–Crippen MR) is 87.7 cm³/mol. The maximum atomic E-state index is 11.5. The molecule has 1 saturated heterocycles. The lowest BCUT2D eigenvalue weighted by molar-refractivity contribution is 0.0701. The normalized spacial score (nSPS) is 28.0. The van der Waals surface area contributed by atoms with Crippen molar-refractivity contribution in [2.75, 3.05) is 6.73 Å². The molecule has 0 unspecified atom stereocenters. The lowest BCUT2D eigenvalue weighted by Gasteiger charge is -2.31. The quantitative estimate of drug-likeness (QED) is 0.734. The maximum absolute atomic E-state index is 11.5. The molecule has 1 heterocycles. The van der Waals surface area contributed by atoms with Gasteiger partial charge in [0.2, 0.25) is 0 Å². The van der Waals surface area contributed by atoms with Crippen LogP contribution in [0.2, 0.25) is 0 Å². The van der Waals surface area contributed by atoms with Crippen LogP contribution in [0.1, 0.15) is 58.8 Å². The van der Waals surface area contributed by atoms with Crippen LogP contribution in [0.3, 0.4) is 0 Å². The van der Waals surface area contributed by atoms with Crippen LogP contribution in [0.25, 0.3) is 0 Å². The second kappa shape index (κ2) is 8.00. The summed E-state index contributed by atoms with van der Waals surface area (Å²) in [6.07, 6.45) is 9.39. The summed E-state index contributed by atoms with van der Waals surface area (Å²) >= 11 is 0. The number of carbonyl (C=O) groups is 1. The van der Waals surface area contributed by atoms with Gasteiger partial charge < -0.3 is 9.84 Å². The number of nitrogens with zero attached hydrogens (tertiary/aromatic N) is 1. The van der Waals surface area contributed by atoms with Crippen molar-refractivity contribution < 1.29 is 14.6 Å². The van der Waals surface area contributed by atoms with Gasteiger partial charge in [-0.3, -0.25) is 4.90 Å². The van der Waals surface area contributed by atoms with E-state index in [9.17, 15) is 9.90 Å². The third kappa shape index (κ3) is 4.25. The first kappa shape index (κ1) is 17.3. The zero-order chi connectivity index (χ0) is 16.1.